The fourth-order valence-electron chi connectivity index (χ4n) is 1.02. The standard InChI is InChI=1S/C9H19FN2O/c1-3-9(11,4-2)8(13)12-7-5-6-10/h3-7,11H2,1-2H3,(H,12,13). The average Bonchev–Trinajstić information content (AvgIpc) is 2.17. The van der Waals surface area contributed by atoms with Gasteiger partial charge in [0.05, 0.1) is 12.2 Å². The monoisotopic (exact) mass is 190 g/mol. The van der Waals surface area contributed by atoms with Crippen molar-refractivity contribution in [2.75, 3.05) is 13.2 Å². The van der Waals surface area contributed by atoms with Gasteiger partial charge in [0.25, 0.3) is 0 Å². The van der Waals surface area contributed by atoms with Crippen LogP contribution in [-0.4, -0.2) is 24.7 Å². The molecule has 0 atom stereocenters. The molecule has 0 heterocycles. The van der Waals surface area contributed by atoms with Crippen molar-refractivity contribution in [3.05, 3.63) is 0 Å². The van der Waals surface area contributed by atoms with E-state index < -0.39 is 12.2 Å². The quantitative estimate of drug-likeness (QED) is 0.613. The molecule has 1 amide bonds. The van der Waals surface area contributed by atoms with Crippen molar-refractivity contribution in [1.29, 1.82) is 0 Å². The van der Waals surface area contributed by atoms with Gasteiger partial charge in [-0.05, 0) is 19.3 Å². The minimum absolute atomic E-state index is 0.175. The van der Waals surface area contributed by atoms with E-state index >= 15 is 0 Å². The third-order valence-electron chi connectivity index (χ3n) is 2.31. The Kier molecular flexibility index (Phi) is 5.62. The third kappa shape index (κ3) is 3.72. The second-order valence-electron chi connectivity index (χ2n) is 3.16. The van der Waals surface area contributed by atoms with Crippen LogP contribution in [0.15, 0.2) is 0 Å². The normalized spacial score (nSPS) is 11.4. The van der Waals surface area contributed by atoms with Crippen LogP contribution in [0.2, 0.25) is 0 Å². The minimum atomic E-state index is -0.781. The summed E-state index contributed by atoms with van der Waals surface area (Å²) in [5.41, 5.74) is 5.04. The SMILES string of the molecule is CCC(N)(CC)C(=O)NCCCF. The molecule has 0 radical (unpaired) electrons. The lowest BCUT2D eigenvalue weighted by Gasteiger charge is -2.24. The summed E-state index contributed by atoms with van der Waals surface area (Å²) in [6.45, 7) is 3.71. The maximum atomic E-state index is 11.7. The number of carbonyl (C=O) groups excluding carboxylic acids is 1. The lowest BCUT2D eigenvalue weighted by molar-refractivity contribution is -0.126. The maximum absolute atomic E-state index is 11.7. The number of carbonyl (C=O) groups is 1. The topological polar surface area (TPSA) is 55.1 Å². The van der Waals surface area contributed by atoms with E-state index in [0.29, 0.717) is 25.8 Å². The Morgan fingerprint density at radius 1 is 1.46 bits per heavy atom. The Labute approximate surface area is 78.9 Å². The molecule has 0 saturated carbocycles. The highest BCUT2D eigenvalue weighted by Gasteiger charge is 2.29. The predicted octanol–water partition coefficient (Wildman–Crippen LogP) is 0.980. The molecule has 0 aliphatic rings. The van der Waals surface area contributed by atoms with Gasteiger partial charge in [-0.25, -0.2) is 0 Å². The molecule has 3 N–H and O–H groups in total. The Morgan fingerprint density at radius 2 is 2.00 bits per heavy atom. The summed E-state index contributed by atoms with van der Waals surface area (Å²) in [5.74, 6) is -0.175. The molecular formula is C9H19FN2O. The van der Waals surface area contributed by atoms with Gasteiger partial charge in [-0.2, -0.15) is 0 Å². The molecule has 4 heteroatoms. The molecule has 3 nitrogen and oxygen atoms in total. The highest BCUT2D eigenvalue weighted by Crippen LogP contribution is 2.10. The summed E-state index contributed by atoms with van der Waals surface area (Å²) in [4.78, 5) is 11.4. The van der Waals surface area contributed by atoms with Gasteiger partial charge in [0, 0.05) is 6.54 Å². The minimum Gasteiger partial charge on any atom is -0.354 e. The molecule has 78 valence electrons. The summed E-state index contributed by atoms with van der Waals surface area (Å²) >= 11 is 0. The molecule has 0 aromatic rings. The third-order valence-corrected chi connectivity index (χ3v) is 2.31. The van der Waals surface area contributed by atoms with Gasteiger partial charge in [0.15, 0.2) is 0 Å². The molecule has 0 bridgehead atoms. The zero-order valence-corrected chi connectivity index (χ0v) is 8.40. The van der Waals surface area contributed by atoms with Gasteiger partial charge in [-0.3, -0.25) is 9.18 Å². The second kappa shape index (κ2) is 5.91. The molecule has 0 aliphatic carbocycles. The van der Waals surface area contributed by atoms with Gasteiger partial charge >= 0.3 is 0 Å². The van der Waals surface area contributed by atoms with Crippen molar-refractivity contribution in [1.82, 2.24) is 5.32 Å². The van der Waals surface area contributed by atoms with Crippen LogP contribution in [0.1, 0.15) is 33.1 Å². The van der Waals surface area contributed by atoms with Gasteiger partial charge in [0.2, 0.25) is 5.91 Å². The van der Waals surface area contributed by atoms with Crippen LogP contribution in [0.5, 0.6) is 0 Å². The average molecular weight is 190 g/mol. The van der Waals surface area contributed by atoms with Crippen molar-refractivity contribution >= 4 is 5.91 Å². The molecular weight excluding hydrogens is 171 g/mol. The fourth-order valence-corrected chi connectivity index (χ4v) is 1.02. The molecule has 0 aromatic carbocycles. The lowest BCUT2D eigenvalue weighted by atomic mass is 9.93. The summed E-state index contributed by atoms with van der Waals surface area (Å²) < 4.78 is 11.7. The van der Waals surface area contributed by atoms with E-state index in [1.807, 2.05) is 13.8 Å². The molecule has 0 aromatic heterocycles. The number of nitrogens with two attached hydrogens (primary N) is 1. The first-order chi connectivity index (χ1) is 6.10. The number of nitrogens with one attached hydrogen (secondary N) is 1. The number of amides is 1. The first-order valence-corrected chi connectivity index (χ1v) is 4.73. The summed E-state index contributed by atoms with van der Waals surface area (Å²) in [6.07, 6.45) is 1.56. The van der Waals surface area contributed by atoms with Crippen molar-refractivity contribution < 1.29 is 9.18 Å². The van der Waals surface area contributed by atoms with Crippen LogP contribution >= 0.6 is 0 Å². The molecule has 0 spiro atoms. The molecule has 0 aliphatic heterocycles. The van der Waals surface area contributed by atoms with Crippen molar-refractivity contribution in [2.45, 2.75) is 38.6 Å². The number of alkyl halides is 1. The van der Waals surface area contributed by atoms with Crippen LogP contribution in [0.4, 0.5) is 4.39 Å². The van der Waals surface area contributed by atoms with E-state index in [1.165, 1.54) is 0 Å². The number of hydrogen-bond acceptors (Lipinski definition) is 2. The van der Waals surface area contributed by atoms with Crippen molar-refractivity contribution in [3.8, 4) is 0 Å². The lowest BCUT2D eigenvalue weighted by Crippen LogP contribution is -2.53. The Morgan fingerprint density at radius 3 is 2.38 bits per heavy atom. The van der Waals surface area contributed by atoms with E-state index in [4.69, 9.17) is 5.73 Å². The van der Waals surface area contributed by atoms with Gasteiger partial charge in [0.1, 0.15) is 0 Å². The molecule has 0 fully saturated rings. The van der Waals surface area contributed by atoms with E-state index in [0.717, 1.165) is 0 Å². The zero-order chi connectivity index (χ0) is 10.3. The number of rotatable bonds is 6. The van der Waals surface area contributed by atoms with Gasteiger partial charge < -0.3 is 11.1 Å². The first kappa shape index (κ1) is 12.4. The van der Waals surface area contributed by atoms with Gasteiger partial charge in [-0.1, -0.05) is 13.8 Å². The van der Waals surface area contributed by atoms with E-state index in [1.54, 1.807) is 0 Å². The molecule has 0 unspecified atom stereocenters. The smallest absolute Gasteiger partial charge is 0.240 e. The Bertz CT molecular complexity index is 158. The van der Waals surface area contributed by atoms with E-state index in [9.17, 15) is 9.18 Å². The predicted molar refractivity (Wildman–Crippen MR) is 51.1 cm³/mol. The summed E-state index contributed by atoms with van der Waals surface area (Å²) in [5, 5.41) is 2.62. The molecule has 0 rings (SSSR count). The molecule has 0 saturated heterocycles. The van der Waals surface area contributed by atoms with Crippen LogP contribution in [-0.2, 0) is 4.79 Å². The highest BCUT2D eigenvalue weighted by molar-refractivity contribution is 5.85. The van der Waals surface area contributed by atoms with Crippen LogP contribution in [0.3, 0.4) is 0 Å². The fraction of sp³-hybridized carbons (Fsp3) is 0.889. The van der Waals surface area contributed by atoms with E-state index in [2.05, 4.69) is 5.32 Å². The largest absolute Gasteiger partial charge is 0.354 e. The van der Waals surface area contributed by atoms with Crippen LogP contribution < -0.4 is 11.1 Å². The Hall–Kier alpha value is -0.640. The van der Waals surface area contributed by atoms with Crippen molar-refractivity contribution in [2.24, 2.45) is 5.73 Å². The summed E-state index contributed by atoms with van der Waals surface area (Å²) in [6, 6.07) is 0. The first-order valence-electron chi connectivity index (χ1n) is 4.73. The van der Waals surface area contributed by atoms with Crippen LogP contribution in [0.25, 0.3) is 0 Å². The second-order valence-corrected chi connectivity index (χ2v) is 3.16. The maximum Gasteiger partial charge on any atom is 0.240 e. The van der Waals surface area contributed by atoms with Crippen LogP contribution in [0, 0.1) is 0 Å². The van der Waals surface area contributed by atoms with Gasteiger partial charge in [-0.15, -0.1) is 0 Å². The molecule has 13 heavy (non-hydrogen) atoms. The van der Waals surface area contributed by atoms with E-state index in [-0.39, 0.29) is 5.91 Å². The zero-order valence-electron chi connectivity index (χ0n) is 8.40. The number of hydrogen-bond donors (Lipinski definition) is 2. The summed E-state index contributed by atoms with van der Waals surface area (Å²) in [7, 11) is 0. The number of halogens is 1. The Balaban J connectivity index is 3.92. The van der Waals surface area contributed by atoms with Crippen molar-refractivity contribution in [3.63, 3.8) is 0 Å². The highest BCUT2D eigenvalue weighted by atomic mass is 19.1.